The van der Waals surface area contributed by atoms with Crippen molar-refractivity contribution in [3.8, 4) is 6.07 Å². The van der Waals surface area contributed by atoms with E-state index in [0.717, 1.165) is 11.1 Å². The summed E-state index contributed by atoms with van der Waals surface area (Å²) in [6.07, 6.45) is 1.01. The number of rotatable bonds is 3. The van der Waals surface area contributed by atoms with Gasteiger partial charge in [-0.25, -0.2) is 9.59 Å². The lowest BCUT2D eigenvalue weighted by Crippen LogP contribution is -2.28. The van der Waals surface area contributed by atoms with Crippen LogP contribution in [0.2, 0.25) is 0 Å². The molecule has 0 aliphatic carbocycles. The van der Waals surface area contributed by atoms with Gasteiger partial charge in [-0.1, -0.05) is 48.5 Å². The molecule has 0 fully saturated rings. The Balaban J connectivity index is 2.06. The average Bonchev–Trinajstić information content (AvgIpc) is 2.68. The Morgan fingerprint density at radius 1 is 1.08 bits per heavy atom. The minimum absolute atomic E-state index is 0.110. The van der Waals surface area contributed by atoms with Gasteiger partial charge in [0.2, 0.25) is 0 Å². The van der Waals surface area contributed by atoms with E-state index >= 15 is 0 Å². The molecule has 2 atom stereocenters. The van der Waals surface area contributed by atoms with Crippen molar-refractivity contribution in [1.82, 2.24) is 0 Å². The number of ether oxygens (including phenoxy) is 2. The van der Waals surface area contributed by atoms with Crippen molar-refractivity contribution in [3.63, 3.8) is 0 Å². The number of hydrogen-bond donors (Lipinski definition) is 0. The molecule has 0 aromatic heterocycles. The zero-order chi connectivity index (χ0) is 17.8. The van der Waals surface area contributed by atoms with Gasteiger partial charge in [0, 0.05) is 5.92 Å². The summed E-state index contributed by atoms with van der Waals surface area (Å²) in [5, 5.41) is 8.94. The van der Waals surface area contributed by atoms with Gasteiger partial charge >= 0.3 is 11.9 Å². The van der Waals surface area contributed by atoms with Crippen molar-refractivity contribution in [1.29, 1.82) is 5.26 Å². The van der Waals surface area contributed by atoms with Gasteiger partial charge in [0.1, 0.15) is 11.7 Å². The van der Waals surface area contributed by atoms with E-state index in [1.54, 1.807) is 30.3 Å². The maximum atomic E-state index is 12.2. The Labute approximate surface area is 145 Å². The van der Waals surface area contributed by atoms with E-state index in [9.17, 15) is 9.59 Å². The molecule has 0 spiro atoms. The van der Waals surface area contributed by atoms with Gasteiger partial charge in [-0.2, -0.15) is 5.26 Å². The van der Waals surface area contributed by atoms with Crippen LogP contribution in [0.3, 0.4) is 0 Å². The van der Waals surface area contributed by atoms with Gasteiger partial charge in [-0.15, -0.1) is 0 Å². The zero-order valence-electron chi connectivity index (χ0n) is 13.5. The number of cyclic esters (lactones) is 1. The second-order valence-corrected chi connectivity index (χ2v) is 5.57. The lowest BCUT2D eigenvalue weighted by molar-refractivity contribution is -0.151. The van der Waals surface area contributed by atoms with Crippen LogP contribution in [-0.2, 0) is 19.1 Å². The summed E-state index contributed by atoms with van der Waals surface area (Å²) < 4.78 is 10.2. The Morgan fingerprint density at radius 2 is 1.76 bits per heavy atom. The molecule has 0 saturated carbocycles. The third-order valence-corrected chi connectivity index (χ3v) is 4.08. The van der Waals surface area contributed by atoms with Crippen molar-refractivity contribution < 1.29 is 19.1 Å². The summed E-state index contributed by atoms with van der Waals surface area (Å²) in [4.78, 5) is 24.1. The topological polar surface area (TPSA) is 76.4 Å². The molecule has 0 amide bonds. The molecule has 0 radical (unpaired) electrons. The quantitative estimate of drug-likeness (QED) is 0.637. The van der Waals surface area contributed by atoms with E-state index in [-0.39, 0.29) is 11.5 Å². The van der Waals surface area contributed by atoms with Crippen molar-refractivity contribution in [2.45, 2.75) is 12.0 Å². The molecule has 1 aliphatic heterocycles. The van der Waals surface area contributed by atoms with Crippen LogP contribution in [0.15, 0.2) is 66.2 Å². The summed E-state index contributed by atoms with van der Waals surface area (Å²) in [5.41, 5.74) is 2.07. The first-order chi connectivity index (χ1) is 12.1. The number of hydrogen-bond acceptors (Lipinski definition) is 5. The molecule has 2 aromatic rings. The van der Waals surface area contributed by atoms with E-state index in [4.69, 9.17) is 10.00 Å². The fourth-order valence-corrected chi connectivity index (χ4v) is 2.82. The Morgan fingerprint density at radius 3 is 2.36 bits per heavy atom. The first-order valence-corrected chi connectivity index (χ1v) is 7.70. The summed E-state index contributed by atoms with van der Waals surface area (Å²) in [6, 6.07) is 18.4. The van der Waals surface area contributed by atoms with E-state index < -0.39 is 18.0 Å². The molecule has 0 saturated heterocycles. The molecular weight excluding hydrogens is 318 g/mol. The molecule has 25 heavy (non-hydrogen) atoms. The minimum atomic E-state index is -0.718. The second-order valence-electron chi connectivity index (χ2n) is 5.57. The van der Waals surface area contributed by atoms with Crippen molar-refractivity contribution in [2.24, 2.45) is 0 Å². The van der Waals surface area contributed by atoms with Crippen molar-refractivity contribution >= 4 is 11.9 Å². The summed E-state index contributed by atoms with van der Waals surface area (Å²) >= 11 is 0. The van der Waals surface area contributed by atoms with Crippen LogP contribution in [0.25, 0.3) is 0 Å². The number of methoxy groups -OCH3 is 1. The predicted octanol–water partition coefficient (Wildman–Crippen LogP) is 3.04. The first kappa shape index (κ1) is 16.5. The summed E-state index contributed by atoms with van der Waals surface area (Å²) in [5.74, 6) is -1.77. The third kappa shape index (κ3) is 3.29. The standard InChI is InChI=1S/C20H15NO4/c1-24-19(22)17-11-16(14-5-3-2-4-6-14)18(25-20(17)23)15-9-7-13(12-21)8-10-15/h2-11,16,18H,1H3/t16-,18-/m1/s1. The highest BCUT2D eigenvalue weighted by Crippen LogP contribution is 2.40. The first-order valence-electron chi connectivity index (χ1n) is 7.70. The molecule has 0 unspecified atom stereocenters. The molecule has 5 heteroatoms. The zero-order valence-corrected chi connectivity index (χ0v) is 13.5. The average molecular weight is 333 g/mol. The molecule has 1 aliphatic rings. The molecule has 1 heterocycles. The van der Waals surface area contributed by atoms with Crippen molar-refractivity contribution in [3.05, 3.63) is 82.9 Å². The highest BCUT2D eigenvalue weighted by Gasteiger charge is 2.36. The fourth-order valence-electron chi connectivity index (χ4n) is 2.82. The smallest absolute Gasteiger partial charge is 0.345 e. The second kappa shape index (κ2) is 7.02. The molecule has 5 nitrogen and oxygen atoms in total. The monoisotopic (exact) mass is 333 g/mol. The van der Waals surface area contributed by atoms with Crippen LogP contribution < -0.4 is 0 Å². The highest BCUT2D eigenvalue weighted by atomic mass is 16.6. The maximum Gasteiger partial charge on any atom is 0.345 e. The van der Waals surface area contributed by atoms with Gasteiger partial charge in [-0.3, -0.25) is 0 Å². The minimum Gasteiger partial charge on any atom is -0.465 e. The predicted molar refractivity (Wildman–Crippen MR) is 89.3 cm³/mol. The number of carbonyl (C=O) groups is 2. The van der Waals surface area contributed by atoms with Crippen LogP contribution in [0, 0.1) is 11.3 Å². The lowest BCUT2D eigenvalue weighted by atomic mass is 9.85. The molecule has 0 bridgehead atoms. The SMILES string of the molecule is COC(=O)C1=C[C@H](c2ccccc2)[C@@H](c2ccc(C#N)cc2)OC1=O. The van der Waals surface area contributed by atoms with Crippen LogP contribution >= 0.6 is 0 Å². The van der Waals surface area contributed by atoms with E-state index in [1.807, 2.05) is 30.3 Å². The molecule has 3 rings (SSSR count). The number of nitriles is 1. The van der Waals surface area contributed by atoms with Gasteiger partial charge in [-0.05, 0) is 23.3 Å². The van der Waals surface area contributed by atoms with Crippen LogP contribution in [0.1, 0.15) is 28.7 Å². The van der Waals surface area contributed by atoms with Crippen LogP contribution in [0.4, 0.5) is 0 Å². The number of nitrogens with zero attached hydrogens (tertiary/aromatic N) is 1. The molecular formula is C20H15NO4. The Hall–Kier alpha value is -3.39. The summed E-state index contributed by atoms with van der Waals surface area (Å²) in [7, 11) is 1.22. The van der Waals surface area contributed by atoms with Gasteiger partial charge in [0.25, 0.3) is 0 Å². The van der Waals surface area contributed by atoms with Crippen molar-refractivity contribution in [2.75, 3.05) is 7.11 Å². The van der Waals surface area contributed by atoms with Gasteiger partial charge < -0.3 is 9.47 Å². The Bertz CT molecular complexity index is 863. The van der Waals surface area contributed by atoms with E-state index in [1.165, 1.54) is 7.11 Å². The number of benzene rings is 2. The van der Waals surface area contributed by atoms with E-state index in [2.05, 4.69) is 10.8 Å². The largest absolute Gasteiger partial charge is 0.465 e. The normalized spacial score (nSPS) is 19.4. The molecule has 124 valence electrons. The lowest BCUT2D eigenvalue weighted by Gasteiger charge is -2.30. The van der Waals surface area contributed by atoms with Crippen LogP contribution in [-0.4, -0.2) is 19.0 Å². The highest BCUT2D eigenvalue weighted by molar-refractivity contribution is 6.14. The summed E-state index contributed by atoms with van der Waals surface area (Å²) in [6.45, 7) is 0. The van der Waals surface area contributed by atoms with Gasteiger partial charge in [0.15, 0.2) is 0 Å². The fraction of sp³-hybridized carbons (Fsp3) is 0.150. The third-order valence-electron chi connectivity index (χ3n) is 4.08. The van der Waals surface area contributed by atoms with Gasteiger partial charge in [0.05, 0.1) is 18.7 Å². The maximum absolute atomic E-state index is 12.2. The van der Waals surface area contributed by atoms with Crippen LogP contribution in [0.5, 0.6) is 0 Å². The molecule has 0 N–H and O–H groups in total. The molecule has 2 aromatic carbocycles. The number of esters is 2. The van der Waals surface area contributed by atoms with E-state index in [0.29, 0.717) is 5.56 Å². The number of carbonyl (C=O) groups excluding carboxylic acids is 2. The Kier molecular flexibility index (Phi) is 4.62.